The summed E-state index contributed by atoms with van der Waals surface area (Å²) in [6, 6.07) is 34.5. The van der Waals surface area contributed by atoms with Crippen LogP contribution in [0.25, 0.3) is 34.4 Å². The molecule has 11 rings (SSSR count). The van der Waals surface area contributed by atoms with E-state index in [1.807, 2.05) is 5.57 Å². The molecule has 7 aliphatic carbocycles. The third-order valence-corrected chi connectivity index (χ3v) is 33.9. The van der Waals surface area contributed by atoms with Gasteiger partial charge in [0, 0.05) is 0 Å². The van der Waals surface area contributed by atoms with Crippen molar-refractivity contribution >= 4 is 43.8 Å². The van der Waals surface area contributed by atoms with E-state index in [9.17, 15) is 0 Å². The molecule has 0 radical (unpaired) electrons. The molecular formula is C54H68Cl2SiZr. The molecule has 2 unspecified atom stereocenters. The Kier molecular flexibility index (Phi) is 11.4. The molecule has 0 amide bonds. The zero-order chi connectivity index (χ0) is 38.6. The van der Waals surface area contributed by atoms with Gasteiger partial charge < -0.3 is 0 Å². The molecule has 0 heterocycles. The number of fused-ring (bicyclic) bond motifs is 2. The van der Waals surface area contributed by atoms with E-state index in [-0.39, 0.29) is 30.2 Å². The van der Waals surface area contributed by atoms with Gasteiger partial charge in [0.15, 0.2) is 0 Å². The van der Waals surface area contributed by atoms with Crippen molar-refractivity contribution < 1.29 is 17.4 Å². The van der Waals surface area contributed by atoms with E-state index in [4.69, 9.17) is 0 Å². The monoisotopic (exact) mass is 904 g/mol. The fourth-order valence-electron chi connectivity index (χ4n) is 14.5. The SMILES string of the molecule is CCC1=Cc2c(-c3ccc(C45CC6CC(CC(C6)C4)C5)cc3)cccc2[CH]1[Zr]([CH3])([CH3])(=[SiH2])[CH]1C(C2CCCCC2)=Cc2c(-c3ccc(C(C)(C)C)cc3)cccc21.Cl.Cl. The molecule has 0 aromatic heterocycles. The molecule has 306 valence electrons. The van der Waals surface area contributed by atoms with Crippen LogP contribution in [0.2, 0.25) is 9.26 Å². The molecule has 0 nitrogen and oxygen atoms in total. The molecule has 0 N–H and O–H groups in total. The largest absolute Gasteiger partial charge is 0.147 e. The zero-order valence-electron chi connectivity index (χ0n) is 36.2. The standard InChI is InChI=1S/C27H29.C25H29.2CH3.2ClH.H2Si.Zr/c1-2-18-13-23-4-3-5-25(26(23)14-18)22-6-8-24(9-7-22)27-15-19-10-20(16-27)12-21(11-19)17-27;1-25(2,3)22-14-12-19(13-15-22)23-11-7-10-20-16-21(17-24(20)23)18-8-5-4-6-9-18;;;;;;/h3-9,13-14,19-21H,2,10-12,15-17H2,1H3;7,10-18H,4-6,8-9H2,1-3H3;2*1H3;2*1H;1H2;. The molecule has 2 atom stereocenters. The maximum atomic E-state index is 2.87. The van der Waals surface area contributed by atoms with E-state index in [0.717, 1.165) is 24.2 Å². The summed E-state index contributed by atoms with van der Waals surface area (Å²) in [4.78, 5) is 0. The molecule has 7 aliphatic rings. The van der Waals surface area contributed by atoms with Crippen molar-refractivity contribution in [3.63, 3.8) is 0 Å². The number of rotatable bonds is 7. The van der Waals surface area contributed by atoms with E-state index in [1.54, 1.807) is 22.3 Å². The van der Waals surface area contributed by atoms with Crippen LogP contribution in [-0.2, 0) is 28.2 Å². The van der Waals surface area contributed by atoms with Crippen molar-refractivity contribution in [1.82, 2.24) is 0 Å². The fraction of sp³-hybridized carbons (Fsp3) is 0.481. The van der Waals surface area contributed by atoms with E-state index < -0.39 is 17.4 Å². The molecule has 5 fully saturated rings. The van der Waals surface area contributed by atoms with Gasteiger partial charge in [0.05, 0.1) is 0 Å². The minimum atomic E-state index is -3.78. The average molecular weight is 907 g/mol. The Morgan fingerprint density at radius 3 is 1.66 bits per heavy atom. The maximum Gasteiger partial charge on any atom is -0.147 e. The molecule has 4 aromatic carbocycles. The molecule has 5 saturated carbocycles. The summed E-state index contributed by atoms with van der Waals surface area (Å²) in [7, 11) is 0. The molecular weight excluding hydrogens is 839 g/mol. The second kappa shape index (κ2) is 15.4. The van der Waals surface area contributed by atoms with Crippen molar-refractivity contribution in [1.29, 1.82) is 0 Å². The molecule has 0 saturated heterocycles. The van der Waals surface area contributed by atoms with Crippen molar-refractivity contribution in [3.05, 3.63) is 129 Å². The summed E-state index contributed by atoms with van der Waals surface area (Å²) in [5, 5.41) is 0. The Balaban J connectivity index is 0.00000235. The van der Waals surface area contributed by atoms with Crippen LogP contribution in [0.15, 0.2) is 96.1 Å². The van der Waals surface area contributed by atoms with Crippen LogP contribution < -0.4 is 0 Å². The minimum Gasteiger partial charge on any atom is -0.147 e. The van der Waals surface area contributed by atoms with Gasteiger partial charge in [-0.3, -0.25) is 0 Å². The normalized spacial score (nSPS) is 27.6. The van der Waals surface area contributed by atoms with E-state index in [0.29, 0.717) is 18.6 Å². The summed E-state index contributed by atoms with van der Waals surface area (Å²) in [5.74, 6) is 3.66. The van der Waals surface area contributed by atoms with Crippen LogP contribution in [0.4, 0.5) is 0 Å². The first-order valence-electron chi connectivity index (χ1n) is 22.8. The van der Waals surface area contributed by atoms with Crippen LogP contribution in [0.1, 0.15) is 145 Å². The van der Waals surface area contributed by atoms with E-state index in [2.05, 4.69) is 141 Å². The predicted molar refractivity (Wildman–Crippen MR) is 255 cm³/mol. The molecule has 4 bridgehead atoms. The number of halogens is 2. The van der Waals surface area contributed by atoms with Crippen molar-refractivity contribution in [2.75, 3.05) is 0 Å². The summed E-state index contributed by atoms with van der Waals surface area (Å²) < 4.78 is 6.86. The Hall–Kier alpha value is -1.96. The Bertz CT molecular complexity index is 2290. The van der Waals surface area contributed by atoms with E-state index >= 15 is 0 Å². The molecule has 58 heavy (non-hydrogen) atoms. The second-order valence-electron chi connectivity index (χ2n) is 22.1. The molecule has 0 spiro atoms. The first-order chi connectivity index (χ1) is 26.8. The first-order valence-corrected chi connectivity index (χ1v) is 36.4. The van der Waals surface area contributed by atoms with Gasteiger partial charge in [0.1, 0.15) is 0 Å². The van der Waals surface area contributed by atoms with Crippen LogP contribution >= 0.6 is 24.8 Å². The Morgan fingerprint density at radius 1 is 0.638 bits per heavy atom. The Labute approximate surface area is 365 Å². The third-order valence-electron chi connectivity index (χ3n) is 16.5. The number of allylic oxidation sites excluding steroid dienone is 2. The van der Waals surface area contributed by atoms with Crippen molar-refractivity contribution in [2.24, 2.45) is 23.7 Å². The number of benzene rings is 4. The van der Waals surface area contributed by atoms with Gasteiger partial charge >= 0.3 is 344 Å². The van der Waals surface area contributed by atoms with Crippen LogP contribution in [-0.4, -0.2) is 6.88 Å². The molecule has 4 aromatic rings. The minimum absolute atomic E-state index is 0. The maximum absolute atomic E-state index is 3.78. The molecule has 4 heteroatoms. The number of hydrogen-bond acceptors (Lipinski definition) is 0. The summed E-state index contributed by atoms with van der Waals surface area (Å²) in [6.45, 7) is 12.0. The van der Waals surface area contributed by atoms with Gasteiger partial charge in [-0.05, 0) is 0 Å². The van der Waals surface area contributed by atoms with Crippen molar-refractivity contribution in [2.45, 2.75) is 132 Å². The van der Waals surface area contributed by atoms with Gasteiger partial charge in [-0.15, -0.1) is 24.8 Å². The smallest absolute Gasteiger partial charge is 0.147 e. The number of hydrogen-bond donors (Lipinski definition) is 0. The third kappa shape index (κ3) is 7.03. The fourth-order valence-corrected chi connectivity index (χ4v) is 34.3. The van der Waals surface area contributed by atoms with Crippen LogP contribution in [0, 0.1) is 23.7 Å². The predicted octanol–water partition coefficient (Wildman–Crippen LogP) is 15.5. The summed E-state index contributed by atoms with van der Waals surface area (Å²) in [5.41, 5.74) is 19.2. The average Bonchev–Trinajstić information content (AvgIpc) is 3.79. The summed E-state index contributed by atoms with van der Waals surface area (Å²) >= 11 is -3.78. The molecule has 0 aliphatic heterocycles. The van der Waals surface area contributed by atoms with Gasteiger partial charge in [-0.25, -0.2) is 0 Å². The quantitative estimate of drug-likeness (QED) is 0.162. The van der Waals surface area contributed by atoms with Crippen molar-refractivity contribution in [3.8, 4) is 22.3 Å². The van der Waals surface area contributed by atoms with Crippen LogP contribution in [0.3, 0.4) is 0 Å². The van der Waals surface area contributed by atoms with E-state index in [1.165, 1.54) is 110 Å². The summed E-state index contributed by atoms with van der Waals surface area (Å²) in [6.07, 6.45) is 22.3. The van der Waals surface area contributed by atoms with Gasteiger partial charge in [-0.1, -0.05) is 0 Å². The second-order valence-corrected chi connectivity index (χ2v) is 52.5. The topological polar surface area (TPSA) is 0 Å². The van der Waals surface area contributed by atoms with Gasteiger partial charge in [-0.2, -0.15) is 0 Å². The zero-order valence-corrected chi connectivity index (χ0v) is 41.7. The first kappa shape index (κ1) is 42.7. The van der Waals surface area contributed by atoms with Gasteiger partial charge in [0.2, 0.25) is 0 Å². The van der Waals surface area contributed by atoms with Gasteiger partial charge in [0.25, 0.3) is 0 Å². The Morgan fingerprint density at radius 2 is 1.14 bits per heavy atom. The van der Waals surface area contributed by atoms with Crippen LogP contribution in [0.5, 0.6) is 0 Å².